The zero-order chi connectivity index (χ0) is 12.2. The fourth-order valence-electron chi connectivity index (χ4n) is 1.12. The van der Waals surface area contributed by atoms with Crippen molar-refractivity contribution >= 4 is 29.9 Å². The Bertz CT molecular complexity index is 363. The second kappa shape index (κ2) is 6.84. The predicted octanol–water partition coefficient (Wildman–Crippen LogP) is 2.36. The number of hydrogen-bond donors (Lipinski definition) is 2. The number of carbonyl (C=O) groups is 1. The van der Waals surface area contributed by atoms with E-state index in [4.69, 9.17) is 17.3 Å². The molecule has 0 fully saturated rings. The second-order valence-corrected chi connectivity index (χ2v) is 4.83. The van der Waals surface area contributed by atoms with Gasteiger partial charge in [-0.1, -0.05) is 23.7 Å². The summed E-state index contributed by atoms with van der Waals surface area (Å²) in [5.41, 5.74) is 6.02. The molecule has 3 N–H and O–H groups in total. The molecular formula is C12H18Cl2N2O. The van der Waals surface area contributed by atoms with E-state index in [9.17, 15) is 4.79 Å². The van der Waals surface area contributed by atoms with Crippen molar-refractivity contribution < 1.29 is 4.79 Å². The molecule has 0 heterocycles. The topological polar surface area (TPSA) is 55.1 Å². The Balaban J connectivity index is 0.00000256. The third-order valence-corrected chi connectivity index (χ3v) is 2.74. The Kier molecular flexibility index (Phi) is 6.53. The van der Waals surface area contributed by atoms with Gasteiger partial charge in [0.2, 0.25) is 5.91 Å². The van der Waals surface area contributed by atoms with Gasteiger partial charge in [0, 0.05) is 18.1 Å². The summed E-state index contributed by atoms with van der Waals surface area (Å²) in [6.45, 7) is 4.48. The molecule has 0 aliphatic rings. The molecule has 1 rings (SSSR count). The van der Waals surface area contributed by atoms with E-state index in [2.05, 4.69) is 5.32 Å². The summed E-state index contributed by atoms with van der Waals surface area (Å²) in [5, 5.41) is 3.54. The highest BCUT2D eigenvalue weighted by Gasteiger charge is 2.25. The monoisotopic (exact) mass is 276 g/mol. The average molecular weight is 277 g/mol. The summed E-state index contributed by atoms with van der Waals surface area (Å²) in [7, 11) is 0. The molecule has 0 unspecified atom stereocenters. The molecule has 0 atom stereocenters. The highest BCUT2D eigenvalue weighted by atomic mass is 35.5. The maximum atomic E-state index is 11.7. The number of nitrogens with one attached hydrogen (secondary N) is 1. The zero-order valence-corrected chi connectivity index (χ0v) is 11.6. The maximum absolute atomic E-state index is 11.7. The molecule has 0 saturated heterocycles. The van der Waals surface area contributed by atoms with Crippen molar-refractivity contribution in [3.05, 3.63) is 34.9 Å². The number of halogens is 2. The first-order valence-corrected chi connectivity index (χ1v) is 5.56. The minimum absolute atomic E-state index is 0. The van der Waals surface area contributed by atoms with Gasteiger partial charge in [0.25, 0.3) is 0 Å². The normalized spacial score (nSPS) is 10.6. The van der Waals surface area contributed by atoms with E-state index < -0.39 is 5.41 Å². The van der Waals surface area contributed by atoms with Crippen molar-refractivity contribution in [2.75, 3.05) is 6.54 Å². The molecule has 1 aromatic rings. The summed E-state index contributed by atoms with van der Waals surface area (Å²) in [6.07, 6.45) is 0. The summed E-state index contributed by atoms with van der Waals surface area (Å²) in [5.74, 6) is -0.0371. The lowest BCUT2D eigenvalue weighted by molar-refractivity contribution is -0.129. The van der Waals surface area contributed by atoms with Crippen LogP contribution in [0.1, 0.15) is 19.4 Å². The van der Waals surface area contributed by atoms with Gasteiger partial charge < -0.3 is 11.1 Å². The van der Waals surface area contributed by atoms with E-state index in [-0.39, 0.29) is 18.3 Å². The van der Waals surface area contributed by atoms with Crippen LogP contribution >= 0.6 is 24.0 Å². The van der Waals surface area contributed by atoms with Crippen molar-refractivity contribution in [1.82, 2.24) is 5.32 Å². The Labute approximate surface area is 113 Å². The van der Waals surface area contributed by atoms with Crippen LogP contribution in [0.25, 0.3) is 0 Å². The van der Waals surface area contributed by atoms with Gasteiger partial charge in [-0.25, -0.2) is 0 Å². The Morgan fingerprint density at radius 1 is 1.35 bits per heavy atom. The van der Waals surface area contributed by atoms with Crippen molar-refractivity contribution in [1.29, 1.82) is 0 Å². The smallest absolute Gasteiger partial charge is 0.227 e. The lowest BCUT2D eigenvalue weighted by atomic mass is 9.92. The number of rotatable bonds is 4. The van der Waals surface area contributed by atoms with Crippen LogP contribution in [0.15, 0.2) is 24.3 Å². The number of amides is 1. The quantitative estimate of drug-likeness (QED) is 0.887. The molecule has 0 aliphatic carbocycles. The van der Waals surface area contributed by atoms with Crippen LogP contribution in [0, 0.1) is 5.41 Å². The van der Waals surface area contributed by atoms with E-state index >= 15 is 0 Å². The predicted molar refractivity (Wildman–Crippen MR) is 73.4 cm³/mol. The highest BCUT2D eigenvalue weighted by molar-refractivity contribution is 6.30. The van der Waals surface area contributed by atoms with E-state index in [1.54, 1.807) is 12.1 Å². The van der Waals surface area contributed by atoms with Crippen LogP contribution in [0.5, 0.6) is 0 Å². The van der Waals surface area contributed by atoms with Crippen LogP contribution in [-0.2, 0) is 11.3 Å². The Morgan fingerprint density at radius 3 is 2.35 bits per heavy atom. The van der Waals surface area contributed by atoms with Crippen molar-refractivity contribution in [2.45, 2.75) is 20.4 Å². The molecule has 0 spiro atoms. The van der Waals surface area contributed by atoms with Crippen LogP contribution in [0.4, 0.5) is 0 Å². The van der Waals surface area contributed by atoms with Crippen molar-refractivity contribution in [2.24, 2.45) is 11.1 Å². The SMILES string of the molecule is CC(C)(CN)C(=O)NCc1ccc(Cl)cc1.Cl. The first kappa shape index (κ1) is 16.2. The highest BCUT2D eigenvalue weighted by Crippen LogP contribution is 2.13. The fraction of sp³-hybridized carbons (Fsp3) is 0.417. The summed E-state index contributed by atoms with van der Waals surface area (Å²) in [4.78, 5) is 11.7. The minimum atomic E-state index is -0.521. The molecule has 0 aromatic heterocycles. The summed E-state index contributed by atoms with van der Waals surface area (Å²) >= 11 is 5.77. The Hall–Kier alpha value is -0.770. The maximum Gasteiger partial charge on any atom is 0.227 e. The molecule has 0 bridgehead atoms. The number of nitrogens with two attached hydrogens (primary N) is 1. The standard InChI is InChI=1S/C12H17ClN2O.ClH/c1-12(2,8-14)11(16)15-7-9-3-5-10(13)6-4-9;/h3-6H,7-8,14H2,1-2H3,(H,15,16);1H. The number of hydrogen-bond acceptors (Lipinski definition) is 2. The van der Waals surface area contributed by atoms with Gasteiger partial charge in [0.1, 0.15) is 0 Å². The van der Waals surface area contributed by atoms with Crippen LogP contribution in [0.3, 0.4) is 0 Å². The van der Waals surface area contributed by atoms with E-state index in [1.165, 1.54) is 0 Å². The van der Waals surface area contributed by atoms with Crippen LogP contribution in [0.2, 0.25) is 5.02 Å². The van der Waals surface area contributed by atoms with Crippen molar-refractivity contribution in [3.8, 4) is 0 Å². The first-order chi connectivity index (χ1) is 7.45. The molecule has 5 heteroatoms. The average Bonchev–Trinajstić information content (AvgIpc) is 2.28. The molecular weight excluding hydrogens is 259 g/mol. The van der Waals surface area contributed by atoms with Gasteiger partial charge in [-0.05, 0) is 31.5 Å². The molecule has 0 radical (unpaired) electrons. The van der Waals surface area contributed by atoms with Gasteiger partial charge in [-0.3, -0.25) is 4.79 Å². The largest absolute Gasteiger partial charge is 0.352 e. The molecule has 1 aromatic carbocycles. The lowest BCUT2D eigenvalue weighted by Crippen LogP contribution is -2.41. The first-order valence-electron chi connectivity index (χ1n) is 5.18. The molecule has 3 nitrogen and oxygen atoms in total. The van der Waals surface area contributed by atoms with Gasteiger partial charge in [-0.15, -0.1) is 12.4 Å². The molecule has 0 saturated carbocycles. The summed E-state index contributed by atoms with van der Waals surface area (Å²) in [6, 6.07) is 7.38. The molecule has 96 valence electrons. The number of benzene rings is 1. The molecule has 17 heavy (non-hydrogen) atoms. The third kappa shape index (κ3) is 4.94. The molecule has 1 amide bonds. The fourth-order valence-corrected chi connectivity index (χ4v) is 1.24. The van der Waals surface area contributed by atoms with Gasteiger partial charge in [0.05, 0.1) is 5.41 Å². The van der Waals surface area contributed by atoms with E-state index in [1.807, 2.05) is 26.0 Å². The van der Waals surface area contributed by atoms with Crippen LogP contribution in [-0.4, -0.2) is 12.5 Å². The lowest BCUT2D eigenvalue weighted by Gasteiger charge is -2.21. The number of carbonyl (C=O) groups excluding carboxylic acids is 1. The van der Waals surface area contributed by atoms with Crippen LogP contribution < -0.4 is 11.1 Å². The van der Waals surface area contributed by atoms with Gasteiger partial charge in [-0.2, -0.15) is 0 Å². The minimum Gasteiger partial charge on any atom is -0.352 e. The third-order valence-electron chi connectivity index (χ3n) is 2.49. The molecule has 0 aliphatic heterocycles. The van der Waals surface area contributed by atoms with Gasteiger partial charge >= 0.3 is 0 Å². The zero-order valence-electron chi connectivity index (χ0n) is 10.00. The van der Waals surface area contributed by atoms with E-state index in [0.29, 0.717) is 18.1 Å². The van der Waals surface area contributed by atoms with Gasteiger partial charge in [0.15, 0.2) is 0 Å². The summed E-state index contributed by atoms with van der Waals surface area (Å²) < 4.78 is 0. The second-order valence-electron chi connectivity index (χ2n) is 4.40. The Morgan fingerprint density at radius 2 is 1.88 bits per heavy atom. The van der Waals surface area contributed by atoms with Crippen molar-refractivity contribution in [3.63, 3.8) is 0 Å². The van der Waals surface area contributed by atoms with E-state index in [0.717, 1.165) is 5.56 Å².